The topological polar surface area (TPSA) is 65.1 Å². The zero-order valence-corrected chi connectivity index (χ0v) is 22.3. The number of nitrogens with one attached hydrogen (secondary N) is 1. The van der Waals surface area contributed by atoms with Gasteiger partial charge in [0.05, 0.1) is 7.11 Å². The van der Waals surface area contributed by atoms with Crippen LogP contribution < -0.4 is 10.1 Å². The van der Waals surface area contributed by atoms with Crippen molar-refractivity contribution in [2.24, 2.45) is 0 Å². The highest BCUT2D eigenvalue weighted by molar-refractivity contribution is 7.09. The zero-order valence-electron chi connectivity index (χ0n) is 21.5. The third-order valence-electron chi connectivity index (χ3n) is 7.32. The second kappa shape index (κ2) is 12.1. The lowest BCUT2D eigenvalue weighted by Crippen LogP contribution is -2.53. The van der Waals surface area contributed by atoms with Crippen LogP contribution in [0.3, 0.4) is 0 Å². The maximum Gasteiger partial charge on any atom is 0.254 e. The third-order valence-corrected chi connectivity index (χ3v) is 8.19. The number of piperazine rings is 1. The van der Waals surface area contributed by atoms with Crippen molar-refractivity contribution < 1.29 is 18.7 Å². The maximum absolute atomic E-state index is 13.8. The van der Waals surface area contributed by atoms with Crippen molar-refractivity contribution in [3.63, 3.8) is 0 Å². The number of halogens is 1. The Bertz CT molecular complexity index is 1230. The second-order valence-corrected chi connectivity index (χ2v) is 10.8. The van der Waals surface area contributed by atoms with E-state index in [2.05, 4.69) is 21.7 Å². The molecule has 0 saturated carbocycles. The molecule has 3 heterocycles. The predicted molar refractivity (Wildman–Crippen MR) is 146 cm³/mol. The number of amides is 2. The number of carbonyl (C=O) groups is 2. The van der Waals surface area contributed by atoms with Gasteiger partial charge in [0.2, 0.25) is 5.91 Å². The van der Waals surface area contributed by atoms with E-state index in [4.69, 9.17) is 4.74 Å². The van der Waals surface area contributed by atoms with Crippen LogP contribution in [0, 0.1) is 5.82 Å². The fourth-order valence-corrected chi connectivity index (χ4v) is 6.03. The van der Waals surface area contributed by atoms with Crippen LogP contribution in [0.4, 0.5) is 4.39 Å². The molecule has 0 radical (unpaired) electrons. The van der Waals surface area contributed by atoms with Gasteiger partial charge in [-0.25, -0.2) is 4.39 Å². The van der Waals surface area contributed by atoms with Crippen LogP contribution in [0.15, 0.2) is 66.0 Å². The van der Waals surface area contributed by atoms with Gasteiger partial charge in [-0.15, -0.1) is 11.3 Å². The molecule has 5 rings (SSSR count). The number of benzene rings is 2. The molecule has 2 fully saturated rings. The molecule has 2 aliphatic heterocycles. The molecule has 0 bridgehead atoms. The molecule has 0 spiro atoms. The number of rotatable bonds is 8. The largest absolute Gasteiger partial charge is 0.497 e. The van der Waals surface area contributed by atoms with Crippen LogP contribution in [-0.4, -0.2) is 78.4 Å². The molecule has 200 valence electrons. The molecule has 0 aliphatic carbocycles. The highest BCUT2D eigenvalue weighted by atomic mass is 32.1. The second-order valence-electron chi connectivity index (χ2n) is 9.78. The first-order valence-corrected chi connectivity index (χ1v) is 13.8. The maximum atomic E-state index is 13.8. The monoisotopic (exact) mass is 536 g/mol. The van der Waals surface area contributed by atoms with E-state index in [-0.39, 0.29) is 23.7 Å². The highest BCUT2D eigenvalue weighted by Crippen LogP contribution is 2.30. The van der Waals surface area contributed by atoms with Crippen molar-refractivity contribution in [1.29, 1.82) is 0 Å². The summed E-state index contributed by atoms with van der Waals surface area (Å²) in [5.41, 5.74) is 1.50. The van der Waals surface area contributed by atoms with Crippen LogP contribution in [-0.2, 0) is 17.9 Å². The molecule has 2 amide bonds. The molecule has 2 aromatic carbocycles. The molecule has 2 aliphatic rings. The van der Waals surface area contributed by atoms with Crippen molar-refractivity contribution in [2.45, 2.75) is 31.6 Å². The summed E-state index contributed by atoms with van der Waals surface area (Å²) < 4.78 is 18.9. The van der Waals surface area contributed by atoms with E-state index < -0.39 is 6.04 Å². The number of ether oxygens (including phenoxy) is 1. The summed E-state index contributed by atoms with van der Waals surface area (Å²) in [4.78, 5) is 34.7. The van der Waals surface area contributed by atoms with Gasteiger partial charge in [-0.3, -0.25) is 14.5 Å². The zero-order chi connectivity index (χ0) is 26.5. The molecule has 3 aromatic rings. The number of methoxy groups -OCH3 is 1. The molecule has 2 atom stereocenters. The van der Waals surface area contributed by atoms with Gasteiger partial charge < -0.3 is 19.9 Å². The Morgan fingerprint density at radius 1 is 1.08 bits per heavy atom. The van der Waals surface area contributed by atoms with Crippen molar-refractivity contribution in [3.05, 3.63) is 87.9 Å². The number of hydrogen-bond acceptors (Lipinski definition) is 6. The van der Waals surface area contributed by atoms with E-state index in [1.165, 1.54) is 17.0 Å². The lowest BCUT2D eigenvalue weighted by atomic mass is 10.1. The van der Waals surface area contributed by atoms with E-state index in [1.54, 1.807) is 59.7 Å². The fourth-order valence-electron chi connectivity index (χ4n) is 5.30. The summed E-state index contributed by atoms with van der Waals surface area (Å²) in [6, 6.07) is 17.2. The van der Waals surface area contributed by atoms with Crippen LogP contribution in [0.25, 0.3) is 0 Å². The van der Waals surface area contributed by atoms with Gasteiger partial charge in [-0.2, -0.15) is 0 Å². The number of hydrogen-bond donors (Lipinski definition) is 1. The van der Waals surface area contributed by atoms with Gasteiger partial charge in [0.1, 0.15) is 17.6 Å². The number of carbonyl (C=O) groups excluding carboxylic acids is 2. The van der Waals surface area contributed by atoms with E-state index in [1.807, 2.05) is 11.0 Å². The van der Waals surface area contributed by atoms with E-state index >= 15 is 0 Å². The minimum absolute atomic E-state index is 0.00287. The SMILES string of the molecule is COc1cccc(C(=O)N2CC(N(Cc3ccc(F)cc3)Cc3cccs3)CC2C(=O)N2CCNCC2)c1. The Balaban J connectivity index is 1.44. The molecule has 2 unspecified atom stereocenters. The van der Waals surface area contributed by atoms with Gasteiger partial charge in [0.25, 0.3) is 5.91 Å². The van der Waals surface area contributed by atoms with E-state index in [0.29, 0.717) is 50.5 Å². The summed E-state index contributed by atoms with van der Waals surface area (Å²) in [6.45, 7) is 4.49. The minimum atomic E-state index is -0.546. The van der Waals surface area contributed by atoms with Crippen LogP contribution in [0.1, 0.15) is 27.2 Å². The first-order chi connectivity index (χ1) is 18.5. The van der Waals surface area contributed by atoms with Crippen molar-refractivity contribution in [1.82, 2.24) is 20.0 Å². The van der Waals surface area contributed by atoms with Gasteiger partial charge >= 0.3 is 0 Å². The molecular formula is C29H33FN4O3S. The highest BCUT2D eigenvalue weighted by Gasteiger charge is 2.43. The normalized spacial score (nSPS) is 19.7. The van der Waals surface area contributed by atoms with Gasteiger partial charge in [0, 0.05) is 62.3 Å². The minimum Gasteiger partial charge on any atom is -0.497 e. The molecule has 38 heavy (non-hydrogen) atoms. The van der Waals surface area contributed by atoms with Crippen molar-refractivity contribution >= 4 is 23.2 Å². The van der Waals surface area contributed by atoms with Gasteiger partial charge in [0.15, 0.2) is 0 Å². The first kappa shape index (κ1) is 26.3. The van der Waals surface area contributed by atoms with E-state index in [9.17, 15) is 14.0 Å². The van der Waals surface area contributed by atoms with Crippen molar-refractivity contribution in [2.75, 3.05) is 39.8 Å². The van der Waals surface area contributed by atoms with Crippen LogP contribution in [0.2, 0.25) is 0 Å². The Kier molecular flexibility index (Phi) is 8.36. The molecule has 1 N–H and O–H groups in total. The molecule has 2 saturated heterocycles. The summed E-state index contributed by atoms with van der Waals surface area (Å²) in [6.07, 6.45) is 0.547. The lowest BCUT2D eigenvalue weighted by molar-refractivity contribution is -0.135. The third kappa shape index (κ3) is 6.06. The number of thiophene rings is 1. The van der Waals surface area contributed by atoms with Gasteiger partial charge in [-0.05, 0) is 53.8 Å². The Morgan fingerprint density at radius 3 is 2.58 bits per heavy atom. The standard InChI is InChI=1S/C29H33FN4O3S/c1-37-25-5-2-4-22(16-25)28(35)34-19-24(17-27(34)29(36)32-13-11-31-12-14-32)33(20-26-6-3-15-38-26)18-21-7-9-23(30)10-8-21/h2-10,15-16,24,27,31H,11-14,17-20H2,1H3. The van der Waals surface area contributed by atoms with Crippen LogP contribution in [0.5, 0.6) is 5.75 Å². The summed E-state index contributed by atoms with van der Waals surface area (Å²) in [5.74, 6) is 0.171. The quantitative estimate of drug-likeness (QED) is 0.477. The Morgan fingerprint density at radius 2 is 1.87 bits per heavy atom. The molecule has 7 nitrogen and oxygen atoms in total. The number of likely N-dealkylation sites (tertiary alicyclic amines) is 1. The summed E-state index contributed by atoms with van der Waals surface area (Å²) in [7, 11) is 1.57. The summed E-state index contributed by atoms with van der Waals surface area (Å²) in [5, 5.41) is 5.34. The first-order valence-electron chi connectivity index (χ1n) is 13.0. The van der Waals surface area contributed by atoms with Crippen molar-refractivity contribution in [3.8, 4) is 5.75 Å². The predicted octanol–water partition coefficient (Wildman–Crippen LogP) is 3.61. The summed E-state index contributed by atoms with van der Waals surface area (Å²) >= 11 is 1.68. The molecule has 1 aromatic heterocycles. The average Bonchev–Trinajstić information content (AvgIpc) is 3.64. The smallest absolute Gasteiger partial charge is 0.254 e. The Labute approximate surface area is 226 Å². The van der Waals surface area contributed by atoms with Crippen LogP contribution >= 0.6 is 11.3 Å². The molecule has 9 heteroatoms. The van der Waals surface area contributed by atoms with E-state index in [0.717, 1.165) is 18.7 Å². The van der Waals surface area contributed by atoms with Gasteiger partial charge in [-0.1, -0.05) is 24.3 Å². The fraction of sp³-hybridized carbons (Fsp3) is 0.379. The lowest BCUT2D eigenvalue weighted by Gasteiger charge is -2.32. The molecular weight excluding hydrogens is 503 g/mol. The number of nitrogens with zero attached hydrogens (tertiary/aromatic N) is 3. The Hall–Kier alpha value is -3.27. The average molecular weight is 537 g/mol.